The molecule has 0 amide bonds. The van der Waals surface area contributed by atoms with Gasteiger partial charge < -0.3 is 15.0 Å². The van der Waals surface area contributed by atoms with E-state index < -0.39 is 0 Å². The van der Waals surface area contributed by atoms with Gasteiger partial charge in [0.25, 0.3) is 0 Å². The molecule has 1 rings (SSSR count). The highest BCUT2D eigenvalue weighted by molar-refractivity contribution is 5.27. The molecule has 0 bridgehead atoms. The van der Waals surface area contributed by atoms with Gasteiger partial charge in [-0.05, 0) is 36.7 Å². The van der Waals surface area contributed by atoms with Gasteiger partial charge in [-0.3, -0.25) is 0 Å². The molecule has 0 aliphatic carbocycles. The molecule has 1 unspecified atom stereocenters. The van der Waals surface area contributed by atoms with Crippen molar-refractivity contribution in [3.05, 3.63) is 29.8 Å². The van der Waals surface area contributed by atoms with Crippen molar-refractivity contribution in [3.8, 4) is 5.75 Å². The Balaban J connectivity index is 2.58. The molecule has 3 heteroatoms. The normalized spacial score (nSPS) is 13.6. The van der Waals surface area contributed by atoms with Gasteiger partial charge in [-0.15, -0.1) is 0 Å². The molecule has 1 aromatic carbocycles. The van der Waals surface area contributed by atoms with Crippen LogP contribution in [0.3, 0.4) is 0 Å². The zero-order valence-corrected chi connectivity index (χ0v) is 13.9. The molecule has 114 valence electrons. The third kappa shape index (κ3) is 5.51. The van der Waals surface area contributed by atoms with E-state index in [1.54, 1.807) is 7.11 Å². The van der Waals surface area contributed by atoms with Crippen molar-refractivity contribution >= 4 is 0 Å². The number of hydrogen-bond donors (Lipinski definition) is 1. The van der Waals surface area contributed by atoms with Gasteiger partial charge in [0.2, 0.25) is 0 Å². The van der Waals surface area contributed by atoms with E-state index in [2.05, 4.69) is 57.1 Å². The van der Waals surface area contributed by atoms with E-state index in [1.165, 1.54) is 5.56 Å². The van der Waals surface area contributed by atoms with Crippen molar-refractivity contribution in [1.82, 2.24) is 10.2 Å². The molecule has 0 saturated heterocycles. The molecule has 3 nitrogen and oxygen atoms in total. The van der Waals surface area contributed by atoms with Gasteiger partial charge in [0, 0.05) is 19.1 Å². The summed E-state index contributed by atoms with van der Waals surface area (Å²) in [5.74, 6) is 0.914. The van der Waals surface area contributed by atoms with Crippen LogP contribution in [0.2, 0.25) is 0 Å². The first-order valence-electron chi connectivity index (χ1n) is 7.41. The predicted molar refractivity (Wildman–Crippen MR) is 86.2 cm³/mol. The molecule has 0 radical (unpaired) electrons. The average molecular weight is 278 g/mol. The first-order chi connectivity index (χ1) is 9.36. The van der Waals surface area contributed by atoms with Gasteiger partial charge >= 0.3 is 0 Å². The van der Waals surface area contributed by atoms with Gasteiger partial charge in [-0.25, -0.2) is 0 Å². The lowest BCUT2D eigenvalue weighted by atomic mass is 9.86. The van der Waals surface area contributed by atoms with Crippen molar-refractivity contribution in [1.29, 1.82) is 0 Å². The largest absolute Gasteiger partial charge is 0.497 e. The maximum atomic E-state index is 5.19. The van der Waals surface area contributed by atoms with E-state index in [0.717, 1.165) is 25.4 Å². The predicted octanol–water partition coefficient (Wildman–Crippen LogP) is 3.15. The van der Waals surface area contributed by atoms with Crippen LogP contribution in [0, 0.1) is 5.41 Å². The van der Waals surface area contributed by atoms with Crippen molar-refractivity contribution in [3.63, 3.8) is 0 Å². The van der Waals surface area contributed by atoms with Crippen molar-refractivity contribution < 1.29 is 4.74 Å². The van der Waals surface area contributed by atoms with Gasteiger partial charge in [-0.1, -0.05) is 39.8 Å². The van der Waals surface area contributed by atoms with Gasteiger partial charge in [0.15, 0.2) is 0 Å². The Bertz CT molecular complexity index is 381. The van der Waals surface area contributed by atoms with Crippen LogP contribution in [0.5, 0.6) is 5.75 Å². The molecule has 1 atom stereocenters. The fourth-order valence-corrected chi connectivity index (χ4v) is 2.31. The zero-order chi connectivity index (χ0) is 15.2. The molecular formula is C17H30N2O. The van der Waals surface area contributed by atoms with Crippen LogP contribution < -0.4 is 10.1 Å². The van der Waals surface area contributed by atoms with Crippen molar-refractivity contribution in [2.24, 2.45) is 5.41 Å². The Kier molecular flexibility index (Phi) is 6.50. The Hall–Kier alpha value is -1.06. The quantitative estimate of drug-likeness (QED) is 0.829. The molecule has 1 N–H and O–H groups in total. The number of nitrogens with one attached hydrogen (secondary N) is 1. The van der Waals surface area contributed by atoms with Crippen LogP contribution in [-0.2, 0) is 6.54 Å². The summed E-state index contributed by atoms with van der Waals surface area (Å²) >= 11 is 0. The first kappa shape index (κ1) is 17.0. The van der Waals surface area contributed by atoms with Gasteiger partial charge in [0.1, 0.15) is 5.75 Å². The van der Waals surface area contributed by atoms with E-state index in [0.29, 0.717) is 6.04 Å². The summed E-state index contributed by atoms with van der Waals surface area (Å²) in [6, 6.07) is 8.81. The topological polar surface area (TPSA) is 24.5 Å². The highest BCUT2D eigenvalue weighted by Gasteiger charge is 2.24. The minimum Gasteiger partial charge on any atom is -0.497 e. The second-order valence-electron chi connectivity index (χ2n) is 6.52. The molecule has 0 fully saturated rings. The van der Waals surface area contributed by atoms with E-state index in [9.17, 15) is 0 Å². The third-order valence-electron chi connectivity index (χ3n) is 3.60. The number of nitrogens with zero attached hydrogens (tertiary/aromatic N) is 1. The van der Waals surface area contributed by atoms with E-state index in [-0.39, 0.29) is 5.41 Å². The first-order valence-corrected chi connectivity index (χ1v) is 7.41. The molecule has 0 saturated carbocycles. The van der Waals surface area contributed by atoms with E-state index in [4.69, 9.17) is 4.74 Å². The molecule has 1 aromatic rings. The maximum Gasteiger partial charge on any atom is 0.118 e. The van der Waals surface area contributed by atoms with Gasteiger partial charge in [0.05, 0.1) is 7.11 Å². The minimum atomic E-state index is 0.268. The lowest BCUT2D eigenvalue weighted by molar-refractivity contribution is 0.192. The molecule has 0 aliphatic heterocycles. The Morgan fingerprint density at radius 1 is 1.20 bits per heavy atom. The molecule has 0 aromatic heterocycles. The van der Waals surface area contributed by atoms with Crippen LogP contribution in [0.1, 0.15) is 33.3 Å². The van der Waals surface area contributed by atoms with E-state index >= 15 is 0 Å². The Morgan fingerprint density at radius 3 is 2.25 bits per heavy atom. The van der Waals surface area contributed by atoms with Crippen LogP contribution in [0.25, 0.3) is 0 Å². The smallest absolute Gasteiger partial charge is 0.118 e. The van der Waals surface area contributed by atoms with Crippen LogP contribution in [0.15, 0.2) is 24.3 Å². The van der Waals surface area contributed by atoms with Crippen LogP contribution in [-0.4, -0.2) is 38.2 Å². The number of ether oxygens (including phenoxy) is 1. The number of methoxy groups -OCH3 is 1. The lowest BCUT2D eigenvalue weighted by Gasteiger charge is -2.34. The van der Waals surface area contributed by atoms with E-state index in [1.807, 2.05) is 12.1 Å². The molecule has 0 heterocycles. The lowest BCUT2D eigenvalue weighted by Crippen LogP contribution is -2.47. The minimum absolute atomic E-state index is 0.268. The highest BCUT2D eigenvalue weighted by atomic mass is 16.5. The molecule has 20 heavy (non-hydrogen) atoms. The Labute approximate surface area is 124 Å². The number of benzene rings is 1. The average Bonchev–Trinajstić information content (AvgIpc) is 2.38. The summed E-state index contributed by atoms with van der Waals surface area (Å²) in [5, 5.41) is 3.60. The van der Waals surface area contributed by atoms with Crippen LogP contribution >= 0.6 is 0 Å². The molecular weight excluding hydrogens is 248 g/mol. The third-order valence-corrected chi connectivity index (χ3v) is 3.60. The summed E-state index contributed by atoms with van der Waals surface area (Å²) in [6.45, 7) is 12.1. The Morgan fingerprint density at radius 2 is 1.80 bits per heavy atom. The standard InChI is InChI=1S/C17H30N2O/c1-7-18-16(17(2,3)4)13-19(5)12-14-8-10-15(20-6)11-9-14/h8-11,16,18H,7,12-13H2,1-6H3. The number of likely N-dealkylation sites (N-methyl/N-ethyl adjacent to an activating group) is 2. The summed E-state index contributed by atoms with van der Waals surface area (Å²) in [5.41, 5.74) is 1.59. The fraction of sp³-hybridized carbons (Fsp3) is 0.647. The monoisotopic (exact) mass is 278 g/mol. The highest BCUT2D eigenvalue weighted by Crippen LogP contribution is 2.20. The second-order valence-corrected chi connectivity index (χ2v) is 6.52. The fourth-order valence-electron chi connectivity index (χ4n) is 2.31. The van der Waals surface area contributed by atoms with Gasteiger partial charge in [-0.2, -0.15) is 0 Å². The van der Waals surface area contributed by atoms with Crippen molar-refractivity contribution in [2.45, 2.75) is 40.3 Å². The number of hydrogen-bond acceptors (Lipinski definition) is 3. The molecule has 0 aliphatic rings. The maximum absolute atomic E-state index is 5.19. The number of rotatable bonds is 7. The summed E-state index contributed by atoms with van der Waals surface area (Å²) in [4.78, 5) is 2.38. The second kappa shape index (κ2) is 7.65. The van der Waals surface area contributed by atoms with Crippen LogP contribution in [0.4, 0.5) is 0 Å². The summed E-state index contributed by atoms with van der Waals surface area (Å²) < 4.78 is 5.19. The van der Waals surface area contributed by atoms with Crippen molar-refractivity contribution in [2.75, 3.05) is 27.2 Å². The zero-order valence-electron chi connectivity index (χ0n) is 13.9. The summed E-state index contributed by atoms with van der Waals surface area (Å²) in [6.07, 6.45) is 0. The summed E-state index contributed by atoms with van der Waals surface area (Å²) in [7, 11) is 3.88. The SMILES string of the molecule is CCNC(CN(C)Cc1ccc(OC)cc1)C(C)(C)C. The molecule has 0 spiro atoms.